The molecule has 0 aliphatic carbocycles. The maximum absolute atomic E-state index is 5.61. The molecule has 0 aliphatic rings. The molecule has 0 aromatic heterocycles. The Morgan fingerprint density at radius 1 is 1.38 bits per heavy atom. The van der Waals surface area contributed by atoms with Gasteiger partial charge in [0.15, 0.2) is 5.96 Å². The molecule has 0 radical (unpaired) electrons. The van der Waals surface area contributed by atoms with E-state index in [0.29, 0.717) is 12.5 Å². The molecule has 1 aromatic rings. The molecular formula is C9H12BrN3. The molecule has 0 saturated carbocycles. The maximum atomic E-state index is 5.61. The van der Waals surface area contributed by atoms with Gasteiger partial charge >= 0.3 is 0 Å². The second-order valence-corrected chi connectivity index (χ2v) is 3.24. The highest BCUT2D eigenvalue weighted by Gasteiger charge is 1.91. The number of guanidine groups is 1. The Kier molecular flexibility index (Phi) is 4.32. The minimum absolute atomic E-state index is 0.450. The number of alkyl halides is 1. The van der Waals surface area contributed by atoms with Crippen molar-refractivity contribution < 1.29 is 0 Å². The summed E-state index contributed by atoms with van der Waals surface area (Å²) >= 11 is 3.27. The average Bonchev–Trinajstić information content (AvgIpc) is 2.16. The van der Waals surface area contributed by atoms with Crippen molar-refractivity contribution in [1.29, 1.82) is 0 Å². The number of halogens is 1. The summed E-state index contributed by atoms with van der Waals surface area (Å²) in [6, 6.07) is 9.73. The van der Waals surface area contributed by atoms with Crippen LogP contribution in [-0.2, 0) is 0 Å². The van der Waals surface area contributed by atoms with Crippen LogP contribution in [0.1, 0.15) is 0 Å². The molecule has 70 valence electrons. The van der Waals surface area contributed by atoms with Crippen LogP contribution in [0.15, 0.2) is 35.3 Å². The third-order valence-electron chi connectivity index (χ3n) is 1.41. The second kappa shape index (κ2) is 5.59. The fraction of sp³-hybridized carbons (Fsp3) is 0.222. The highest BCUT2D eigenvalue weighted by atomic mass is 79.9. The van der Waals surface area contributed by atoms with E-state index in [1.807, 2.05) is 30.3 Å². The van der Waals surface area contributed by atoms with Crippen LogP contribution in [0, 0.1) is 0 Å². The lowest BCUT2D eigenvalue weighted by Crippen LogP contribution is -2.22. The Morgan fingerprint density at radius 2 is 2.08 bits per heavy atom. The van der Waals surface area contributed by atoms with Crippen LogP contribution < -0.4 is 11.1 Å². The first-order valence-corrected chi connectivity index (χ1v) is 5.13. The van der Waals surface area contributed by atoms with E-state index in [1.54, 1.807) is 0 Å². The number of aliphatic imine (C=N–C) groups is 1. The fourth-order valence-electron chi connectivity index (χ4n) is 0.872. The third kappa shape index (κ3) is 3.94. The van der Waals surface area contributed by atoms with Gasteiger partial charge in [-0.05, 0) is 12.1 Å². The summed E-state index contributed by atoms with van der Waals surface area (Å²) in [4.78, 5) is 4.07. The molecule has 0 aliphatic heterocycles. The van der Waals surface area contributed by atoms with Crippen molar-refractivity contribution >= 4 is 27.6 Å². The summed E-state index contributed by atoms with van der Waals surface area (Å²) in [7, 11) is 0. The molecule has 1 rings (SSSR count). The van der Waals surface area contributed by atoms with Crippen molar-refractivity contribution in [2.24, 2.45) is 10.7 Å². The Labute approximate surface area is 86.2 Å². The first-order valence-electron chi connectivity index (χ1n) is 4.01. The molecule has 0 spiro atoms. The van der Waals surface area contributed by atoms with E-state index >= 15 is 0 Å². The normalized spacial score (nSPS) is 11.3. The van der Waals surface area contributed by atoms with Crippen molar-refractivity contribution in [3.05, 3.63) is 30.3 Å². The van der Waals surface area contributed by atoms with Crippen LogP contribution in [0.4, 0.5) is 5.69 Å². The Bertz CT molecular complexity index is 271. The van der Waals surface area contributed by atoms with Gasteiger partial charge < -0.3 is 11.1 Å². The minimum Gasteiger partial charge on any atom is -0.370 e. The van der Waals surface area contributed by atoms with Crippen LogP contribution in [0.3, 0.4) is 0 Å². The molecule has 13 heavy (non-hydrogen) atoms. The lowest BCUT2D eigenvalue weighted by Gasteiger charge is -2.03. The van der Waals surface area contributed by atoms with E-state index in [4.69, 9.17) is 5.73 Å². The zero-order valence-corrected chi connectivity index (χ0v) is 8.79. The van der Waals surface area contributed by atoms with Gasteiger partial charge in [0.05, 0.1) is 6.54 Å². The molecule has 4 heteroatoms. The highest BCUT2D eigenvalue weighted by molar-refractivity contribution is 9.09. The van der Waals surface area contributed by atoms with Gasteiger partial charge in [0.1, 0.15) is 0 Å². The quantitative estimate of drug-likeness (QED) is 0.482. The van der Waals surface area contributed by atoms with Crippen LogP contribution in [0.5, 0.6) is 0 Å². The Hall–Kier alpha value is -1.03. The van der Waals surface area contributed by atoms with E-state index in [0.717, 1.165) is 11.0 Å². The van der Waals surface area contributed by atoms with E-state index in [-0.39, 0.29) is 0 Å². The first kappa shape index (κ1) is 10.1. The smallest absolute Gasteiger partial charge is 0.193 e. The first-order chi connectivity index (χ1) is 6.33. The molecule has 0 saturated heterocycles. The van der Waals surface area contributed by atoms with Crippen LogP contribution in [-0.4, -0.2) is 17.8 Å². The molecule has 0 fully saturated rings. The third-order valence-corrected chi connectivity index (χ3v) is 1.77. The zero-order chi connectivity index (χ0) is 9.52. The minimum atomic E-state index is 0.450. The summed E-state index contributed by atoms with van der Waals surface area (Å²) in [5, 5.41) is 3.81. The van der Waals surface area contributed by atoms with Crippen LogP contribution >= 0.6 is 15.9 Å². The van der Waals surface area contributed by atoms with E-state index < -0.39 is 0 Å². The SMILES string of the molecule is NC(=NCCBr)Nc1ccccc1. The van der Waals surface area contributed by atoms with Gasteiger partial charge in [-0.1, -0.05) is 34.1 Å². The Morgan fingerprint density at radius 3 is 2.69 bits per heavy atom. The number of rotatable bonds is 3. The number of benzene rings is 1. The number of nitrogens with zero attached hydrogens (tertiary/aromatic N) is 1. The molecule has 0 amide bonds. The van der Waals surface area contributed by atoms with Gasteiger partial charge in [-0.2, -0.15) is 0 Å². The van der Waals surface area contributed by atoms with Gasteiger partial charge in [0.25, 0.3) is 0 Å². The van der Waals surface area contributed by atoms with Gasteiger partial charge in [-0.25, -0.2) is 0 Å². The zero-order valence-electron chi connectivity index (χ0n) is 7.20. The monoisotopic (exact) mass is 241 g/mol. The summed E-state index contributed by atoms with van der Waals surface area (Å²) in [6.45, 7) is 0.686. The van der Waals surface area contributed by atoms with Crippen LogP contribution in [0.2, 0.25) is 0 Å². The summed E-state index contributed by atoms with van der Waals surface area (Å²) < 4.78 is 0. The predicted molar refractivity (Wildman–Crippen MR) is 60.3 cm³/mol. The van der Waals surface area contributed by atoms with Crippen LogP contribution in [0.25, 0.3) is 0 Å². The lowest BCUT2D eigenvalue weighted by atomic mass is 10.3. The molecule has 3 nitrogen and oxygen atoms in total. The van der Waals surface area contributed by atoms with Crippen molar-refractivity contribution in [1.82, 2.24) is 0 Å². The number of hydrogen-bond donors (Lipinski definition) is 2. The number of hydrogen-bond acceptors (Lipinski definition) is 1. The molecule has 0 heterocycles. The Balaban J connectivity index is 2.50. The van der Waals surface area contributed by atoms with Gasteiger partial charge in [0, 0.05) is 11.0 Å². The molecule has 0 bridgehead atoms. The van der Waals surface area contributed by atoms with Gasteiger partial charge in [-0.15, -0.1) is 0 Å². The molecule has 0 atom stereocenters. The van der Waals surface area contributed by atoms with Crippen molar-refractivity contribution in [2.75, 3.05) is 17.2 Å². The highest BCUT2D eigenvalue weighted by Crippen LogP contribution is 2.03. The number of nitrogens with one attached hydrogen (secondary N) is 1. The topological polar surface area (TPSA) is 50.4 Å². The van der Waals surface area contributed by atoms with Crippen molar-refractivity contribution in [2.45, 2.75) is 0 Å². The average molecular weight is 242 g/mol. The standard InChI is InChI=1S/C9H12BrN3/c10-6-7-12-9(11)13-8-4-2-1-3-5-8/h1-5H,6-7H2,(H3,11,12,13). The summed E-state index contributed by atoms with van der Waals surface area (Å²) in [5.74, 6) is 0.450. The van der Waals surface area contributed by atoms with Crippen molar-refractivity contribution in [3.8, 4) is 0 Å². The van der Waals surface area contributed by atoms with Gasteiger partial charge in [0.2, 0.25) is 0 Å². The number of nitrogens with two attached hydrogens (primary N) is 1. The van der Waals surface area contributed by atoms with E-state index in [1.165, 1.54) is 0 Å². The number of para-hydroxylation sites is 1. The summed E-state index contributed by atoms with van der Waals surface area (Å²) in [6.07, 6.45) is 0. The van der Waals surface area contributed by atoms with E-state index in [2.05, 4.69) is 26.2 Å². The maximum Gasteiger partial charge on any atom is 0.193 e. The fourth-order valence-corrected chi connectivity index (χ4v) is 1.05. The second-order valence-electron chi connectivity index (χ2n) is 2.45. The largest absolute Gasteiger partial charge is 0.370 e. The molecular weight excluding hydrogens is 230 g/mol. The lowest BCUT2D eigenvalue weighted by molar-refractivity contribution is 1.14. The van der Waals surface area contributed by atoms with Gasteiger partial charge in [-0.3, -0.25) is 4.99 Å². The van der Waals surface area contributed by atoms with Crippen molar-refractivity contribution in [3.63, 3.8) is 0 Å². The summed E-state index contributed by atoms with van der Waals surface area (Å²) in [5.41, 5.74) is 6.57. The van der Waals surface area contributed by atoms with E-state index in [9.17, 15) is 0 Å². The molecule has 3 N–H and O–H groups in total. The predicted octanol–water partition coefficient (Wildman–Crippen LogP) is 1.81. The number of anilines is 1. The molecule has 1 aromatic carbocycles. The molecule has 0 unspecified atom stereocenters.